The van der Waals surface area contributed by atoms with E-state index in [1.807, 2.05) is 167 Å². The summed E-state index contributed by atoms with van der Waals surface area (Å²) < 4.78 is 14.3. The normalized spacial score (nSPS) is 11.7. The quantitative estimate of drug-likeness (QED) is 0.124. The maximum absolute atomic E-state index is 5.19. The molecule has 0 saturated carbocycles. The Hall–Kier alpha value is -16.2. The van der Waals surface area contributed by atoms with Crippen LogP contribution >= 0.6 is 34.0 Å². The molecule has 126 heavy (non-hydrogen) atoms. The molecule has 9 heterocycles. The zero-order valence-corrected chi connectivity index (χ0v) is 69.8. The Morgan fingerprint density at radius 1 is 0.159 bits per heavy atom. The molecule has 0 bridgehead atoms. The summed E-state index contributed by atoms with van der Waals surface area (Å²) in [4.78, 5) is 45.7. The van der Waals surface area contributed by atoms with Crippen molar-refractivity contribution in [2.24, 2.45) is 0 Å². The summed E-state index contributed by atoms with van der Waals surface area (Å²) in [5.41, 5.74) is 17.0. The van der Waals surface area contributed by atoms with E-state index in [2.05, 4.69) is 293 Å². The molecule has 15 heteroatoms. The topological polar surface area (TPSA) is 131 Å². The van der Waals surface area contributed by atoms with Gasteiger partial charge in [0.2, 0.25) is 17.8 Å². The number of hydrogen-bond acceptors (Lipinski definition) is 12. The molecule has 0 spiro atoms. The first-order valence-electron chi connectivity index (χ1n) is 41.8. The lowest BCUT2D eigenvalue weighted by Crippen LogP contribution is -2.06. The van der Waals surface area contributed by atoms with Gasteiger partial charge in [-0.25, -0.2) is 15.0 Å². The van der Waals surface area contributed by atoms with E-state index < -0.39 is 0 Å². The van der Waals surface area contributed by atoms with Gasteiger partial charge in [0.15, 0.2) is 34.9 Å². The van der Waals surface area contributed by atoms with Crippen molar-refractivity contribution in [3.63, 3.8) is 0 Å². The third-order valence-electron chi connectivity index (χ3n) is 23.6. The third kappa shape index (κ3) is 12.8. The van der Waals surface area contributed by atoms with E-state index in [1.165, 1.54) is 115 Å². The summed E-state index contributed by atoms with van der Waals surface area (Å²) in [5.74, 6) is 5.72. The van der Waals surface area contributed by atoms with Crippen LogP contribution in [0.1, 0.15) is 0 Å². The second-order valence-electron chi connectivity index (χ2n) is 31.0. The summed E-state index contributed by atoms with van der Waals surface area (Å²) in [6.45, 7) is 0. The number of hydrogen-bond donors (Lipinski definition) is 0. The molecular formula is C111H68N12S3. The first-order valence-corrected chi connectivity index (χ1v) is 44.3. The predicted molar refractivity (Wildman–Crippen MR) is 525 cm³/mol. The standard InChI is InChI=1S/2C39H24N4S.C33H20N4S/c1-4-13-25(14-5-1)28-20-12-21-31-34(28)30-23-24-33-35(29-19-10-11-22-32(29)44-33)36(30)43(31)39-41-37(26-15-6-2-7-16-26)40-38(42-39)27-17-8-3-9-18-27;1-4-12-25(13-5-1)28-20-22-32-31(24-28)29-21-23-34-35(30-18-10-11-19-33(30)44-34)36(29)43(32)39-41-37(26-14-6-2-7-15-26)40-38(42-39)27-16-8-3-9-17-27;1-3-11-21(12-4-1)31-34-32(22-13-5-2-6-14-22)36-33(35-31)37-26-17-9-7-15-23(26)24-19-20-28-29(30(24)37)25-16-8-10-18-27(25)38-28/h2*1-24H;1-20H. The highest BCUT2D eigenvalue weighted by Gasteiger charge is 2.28. The lowest BCUT2D eigenvalue weighted by Gasteiger charge is -2.11. The second kappa shape index (κ2) is 31.1. The molecule has 0 radical (unpaired) electrons. The van der Waals surface area contributed by atoms with E-state index in [9.17, 15) is 0 Å². The number of para-hydroxylation sites is 1. The molecule has 0 aliphatic rings. The molecule has 0 atom stereocenters. The van der Waals surface area contributed by atoms with Crippen molar-refractivity contribution < 1.29 is 0 Å². The van der Waals surface area contributed by atoms with E-state index >= 15 is 0 Å². The second-order valence-corrected chi connectivity index (χ2v) is 34.3. The lowest BCUT2D eigenvalue weighted by atomic mass is 9.99. The molecular weight excluding hydrogens is 1600 g/mol. The number of fused-ring (bicyclic) bond motifs is 21. The summed E-state index contributed by atoms with van der Waals surface area (Å²) in [6.07, 6.45) is 0. The minimum atomic E-state index is 0.602. The van der Waals surface area contributed by atoms with Crippen LogP contribution in [0.2, 0.25) is 0 Å². The van der Waals surface area contributed by atoms with Crippen LogP contribution in [0.4, 0.5) is 0 Å². The van der Waals surface area contributed by atoms with E-state index in [-0.39, 0.29) is 0 Å². The van der Waals surface area contributed by atoms with Gasteiger partial charge in [-0.3, -0.25) is 13.7 Å². The van der Waals surface area contributed by atoms with Crippen LogP contribution in [-0.4, -0.2) is 58.6 Å². The van der Waals surface area contributed by atoms with Gasteiger partial charge < -0.3 is 0 Å². The van der Waals surface area contributed by atoms with Gasteiger partial charge in [-0.15, -0.1) is 34.0 Å². The van der Waals surface area contributed by atoms with E-state index in [4.69, 9.17) is 44.9 Å². The SMILES string of the molecule is c1ccc(-c2ccc3c(c2)c2ccc4sc5ccccc5c4c2n3-c2nc(-c3ccccc3)nc(-c3ccccc3)n2)cc1.c1ccc(-c2nc(-c3ccccc3)nc(-n3c4cccc(-c5ccccc5)c4c4ccc5sc6ccccc6c5c43)n2)cc1.c1ccc(-c2nc(-c3ccccc3)nc(-n3c4ccccc4c4ccc5sc6ccccc6c5c43)n2)cc1. The molecule has 12 nitrogen and oxygen atoms in total. The Bertz CT molecular complexity index is 8530. The van der Waals surface area contributed by atoms with Crippen molar-refractivity contribution in [2.45, 2.75) is 0 Å². The Balaban J connectivity index is 0.000000106. The van der Waals surface area contributed by atoms with Gasteiger partial charge in [-0.1, -0.05) is 352 Å². The highest BCUT2D eigenvalue weighted by atomic mass is 32.1. The molecule has 0 aliphatic heterocycles. The molecule has 0 aliphatic carbocycles. The van der Waals surface area contributed by atoms with Crippen LogP contribution in [0.3, 0.4) is 0 Å². The molecule has 17 aromatic carbocycles. The summed E-state index contributed by atoms with van der Waals surface area (Å²) >= 11 is 5.47. The smallest absolute Gasteiger partial charge is 0.238 e. The minimum Gasteiger partial charge on any atom is -0.277 e. The molecule has 26 aromatic rings. The summed E-state index contributed by atoms with van der Waals surface area (Å²) in [6, 6.07) is 143. The number of aromatic nitrogens is 12. The van der Waals surface area contributed by atoms with Crippen LogP contribution < -0.4 is 0 Å². The Morgan fingerprint density at radius 2 is 0.444 bits per heavy atom. The lowest BCUT2D eigenvalue weighted by molar-refractivity contribution is 0.955. The van der Waals surface area contributed by atoms with Gasteiger partial charge in [0, 0.05) is 126 Å². The maximum atomic E-state index is 5.19. The van der Waals surface area contributed by atoms with Crippen molar-refractivity contribution >= 4 is 160 Å². The third-order valence-corrected chi connectivity index (χ3v) is 27.0. The van der Waals surface area contributed by atoms with Crippen LogP contribution in [0.25, 0.3) is 234 Å². The van der Waals surface area contributed by atoms with E-state index in [1.54, 1.807) is 0 Å². The number of nitrogens with zero attached hydrogens (tertiary/aromatic N) is 12. The number of thiophene rings is 3. The first-order chi connectivity index (χ1) is 62.5. The van der Waals surface area contributed by atoms with E-state index in [0.717, 1.165) is 66.5 Å². The fourth-order valence-electron chi connectivity index (χ4n) is 17.9. The summed E-state index contributed by atoms with van der Waals surface area (Å²) in [7, 11) is 0. The van der Waals surface area contributed by atoms with Crippen LogP contribution in [0.15, 0.2) is 413 Å². The fourth-order valence-corrected chi connectivity index (χ4v) is 21.3. The highest BCUT2D eigenvalue weighted by Crippen LogP contribution is 2.49. The Morgan fingerprint density at radius 3 is 0.825 bits per heavy atom. The van der Waals surface area contributed by atoms with Gasteiger partial charge in [0.25, 0.3) is 0 Å². The number of rotatable bonds is 11. The van der Waals surface area contributed by atoms with Gasteiger partial charge in [-0.05, 0) is 82.9 Å². The molecule has 9 aromatic heterocycles. The zero-order valence-electron chi connectivity index (χ0n) is 67.4. The minimum absolute atomic E-state index is 0.602. The molecule has 590 valence electrons. The van der Waals surface area contributed by atoms with Crippen molar-refractivity contribution in [2.75, 3.05) is 0 Å². The highest BCUT2D eigenvalue weighted by molar-refractivity contribution is 7.26. The molecule has 0 saturated heterocycles. The van der Waals surface area contributed by atoms with Crippen molar-refractivity contribution in [1.82, 2.24) is 58.6 Å². The van der Waals surface area contributed by atoms with Crippen LogP contribution in [0.5, 0.6) is 0 Å². The predicted octanol–water partition coefficient (Wildman–Crippen LogP) is 29.3. The molecule has 0 unspecified atom stereocenters. The summed E-state index contributed by atoms with van der Waals surface area (Å²) in [5, 5.41) is 14.5. The maximum Gasteiger partial charge on any atom is 0.238 e. The van der Waals surface area contributed by atoms with E-state index in [0.29, 0.717) is 52.8 Å². The van der Waals surface area contributed by atoms with Gasteiger partial charge in [-0.2, -0.15) is 29.9 Å². The molecule has 0 fully saturated rings. The van der Waals surface area contributed by atoms with Gasteiger partial charge in [0.1, 0.15) is 0 Å². The molecule has 0 N–H and O–H groups in total. The fraction of sp³-hybridized carbons (Fsp3) is 0. The van der Waals surface area contributed by atoms with Gasteiger partial charge >= 0.3 is 0 Å². The molecule has 0 amide bonds. The zero-order chi connectivity index (χ0) is 83.1. The van der Waals surface area contributed by atoms with Crippen LogP contribution in [-0.2, 0) is 0 Å². The first kappa shape index (κ1) is 73.7. The average molecular weight is 1670 g/mol. The van der Waals surface area contributed by atoms with Gasteiger partial charge in [0.05, 0.1) is 33.1 Å². The van der Waals surface area contributed by atoms with Crippen molar-refractivity contribution in [1.29, 1.82) is 0 Å². The monoisotopic (exact) mass is 1660 g/mol. The van der Waals surface area contributed by atoms with Crippen LogP contribution in [0, 0.1) is 0 Å². The van der Waals surface area contributed by atoms with Crippen molar-refractivity contribution in [3.05, 3.63) is 413 Å². The average Bonchev–Trinajstić information content (AvgIpc) is 1.56. The Labute approximate surface area is 734 Å². The molecule has 26 rings (SSSR count). The number of benzene rings is 17. The van der Waals surface area contributed by atoms with Crippen molar-refractivity contribution in [3.8, 4) is 108 Å². The Kier molecular flexibility index (Phi) is 18.2. The largest absolute Gasteiger partial charge is 0.277 e.